The molecular formula is C20H24N2O3. The lowest BCUT2D eigenvalue weighted by Gasteiger charge is -2.19. The Morgan fingerprint density at radius 3 is 2.28 bits per heavy atom. The maximum atomic E-state index is 12.4. The van der Waals surface area contributed by atoms with Gasteiger partial charge in [0.2, 0.25) is 5.91 Å². The van der Waals surface area contributed by atoms with Crippen molar-refractivity contribution in [2.75, 3.05) is 17.3 Å². The first-order chi connectivity index (χ1) is 11.8. The standard InChI is InChI=1S/C20H24N2O3/c1-13-8-6-9-14(2)19(13)25-15(3)20(24)21-17-10-7-11-18(12-17)22(5)16(4)23/h6-12,15H,1-5H3,(H,21,24). The van der Waals surface area contributed by atoms with Crippen LogP contribution in [0.15, 0.2) is 42.5 Å². The Kier molecular flexibility index (Phi) is 5.80. The highest BCUT2D eigenvalue weighted by molar-refractivity contribution is 5.96. The first-order valence-electron chi connectivity index (χ1n) is 8.17. The molecule has 2 aromatic carbocycles. The van der Waals surface area contributed by atoms with Crippen LogP contribution in [0.4, 0.5) is 11.4 Å². The number of carbonyl (C=O) groups is 2. The number of amides is 2. The molecule has 5 heteroatoms. The number of rotatable bonds is 5. The lowest BCUT2D eigenvalue weighted by atomic mass is 10.1. The van der Waals surface area contributed by atoms with Gasteiger partial charge in [-0.05, 0) is 50.1 Å². The van der Waals surface area contributed by atoms with E-state index >= 15 is 0 Å². The van der Waals surface area contributed by atoms with Crippen LogP contribution in [0.2, 0.25) is 0 Å². The second-order valence-electron chi connectivity index (χ2n) is 6.10. The molecule has 0 aliphatic rings. The van der Waals surface area contributed by atoms with Crippen LogP contribution in [0, 0.1) is 13.8 Å². The number of ether oxygens (including phenoxy) is 1. The van der Waals surface area contributed by atoms with Crippen molar-refractivity contribution in [2.24, 2.45) is 0 Å². The Balaban J connectivity index is 2.09. The molecule has 132 valence electrons. The summed E-state index contributed by atoms with van der Waals surface area (Å²) in [5.74, 6) is 0.413. The third-order valence-corrected chi connectivity index (χ3v) is 4.05. The van der Waals surface area contributed by atoms with Gasteiger partial charge in [0.25, 0.3) is 5.91 Å². The smallest absolute Gasteiger partial charge is 0.265 e. The van der Waals surface area contributed by atoms with Gasteiger partial charge in [0.1, 0.15) is 5.75 Å². The van der Waals surface area contributed by atoms with Crippen LogP contribution in [-0.2, 0) is 9.59 Å². The Bertz CT molecular complexity index is 766. The van der Waals surface area contributed by atoms with Crippen molar-refractivity contribution >= 4 is 23.2 Å². The topological polar surface area (TPSA) is 58.6 Å². The molecule has 0 aliphatic carbocycles. The van der Waals surface area contributed by atoms with E-state index in [1.54, 1.807) is 32.2 Å². The zero-order valence-electron chi connectivity index (χ0n) is 15.3. The van der Waals surface area contributed by atoms with Crippen LogP contribution in [0.5, 0.6) is 5.75 Å². The molecule has 0 fully saturated rings. The average molecular weight is 340 g/mol. The van der Waals surface area contributed by atoms with Crippen molar-refractivity contribution in [1.82, 2.24) is 0 Å². The average Bonchev–Trinajstić information content (AvgIpc) is 2.57. The van der Waals surface area contributed by atoms with Gasteiger partial charge in [-0.2, -0.15) is 0 Å². The molecule has 0 radical (unpaired) electrons. The predicted molar refractivity (Wildman–Crippen MR) is 100 cm³/mol. The SMILES string of the molecule is CC(=O)N(C)c1cccc(NC(=O)C(C)Oc2c(C)cccc2C)c1. The molecule has 1 N–H and O–H groups in total. The minimum atomic E-state index is -0.644. The van der Waals surface area contributed by atoms with Gasteiger partial charge in [-0.1, -0.05) is 24.3 Å². The zero-order valence-corrected chi connectivity index (χ0v) is 15.3. The van der Waals surface area contributed by atoms with Crippen molar-refractivity contribution < 1.29 is 14.3 Å². The van der Waals surface area contributed by atoms with Crippen LogP contribution in [0.1, 0.15) is 25.0 Å². The first-order valence-corrected chi connectivity index (χ1v) is 8.17. The molecule has 0 spiro atoms. The highest BCUT2D eigenvalue weighted by Crippen LogP contribution is 2.24. The number of carbonyl (C=O) groups excluding carboxylic acids is 2. The van der Waals surface area contributed by atoms with Gasteiger partial charge in [0.15, 0.2) is 6.10 Å². The zero-order chi connectivity index (χ0) is 18.6. The van der Waals surface area contributed by atoms with Crippen molar-refractivity contribution in [1.29, 1.82) is 0 Å². The van der Waals surface area contributed by atoms with Crippen LogP contribution in [0.25, 0.3) is 0 Å². The highest BCUT2D eigenvalue weighted by atomic mass is 16.5. The van der Waals surface area contributed by atoms with Crippen molar-refractivity contribution in [3.63, 3.8) is 0 Å². The molecule has 1 atom stereocenters. The Morgan fingerprint density at radius 1 is 1.08 bits per heavy atom. The summed E-state index contributed by atoms with van der Waals surface area (Å²) >= 11 is 0. The monoisotopic (exact) mass is 340 g/mol. The molecule has 25 heavy (non-hydrogen) atoms. The van der Waals surface area contributed by atoms with Gasteiger partial charge in [-0.15, -0.1) is 0 Å². The molecule has 0 aromatic heterocycles. The molecule has 5 nitrogen and oxygen atoms in total. The number of nitrogens with one attached hydrogen (secondary N) is 1. The summed E-state index contributed by atoms with van der Waals surface area (Å²) in [5.41, 5.74) is 3.32. The number of hydrogen-bond acceptors (Lipinski definition) is 3. The summed E-state index contributed by atoms with van der Waals surface area (Å²) < 4.78 is 5.85. The van der Waals surface area contributed by atoms with Gasteiger partial charge in [0.05, 0.1) is 0 Å². The first kappa shape index (κ1) is 18.5. The molecule has 0 aliphatic heterocycles. The number of anilines is 2. The number of benzene rings is 2. The summed E-state index contributed by atoms with van der Waals surface area (Å²) in [6.07, 6.45) is -0.644. The Labute approximate surface area is 148 Å². The summed E-state index contributed by atoms with van der Waals surface area (Å²) in [6, 6.07) is 13.0. The molecule has 2 amide bonds. The number of nitrogens with zero attached hydrogens (tertiary/aromatic N) is 1. The van der Waals surface area contributed by atoms with E-state index in [2.05, 4.69) is 5.32 Å². The van der Waals surface area contributed by atoms with Gasteiger partial charge >= 0.3 is 0 Å². The van der Waals surface area contributed by atoms with Crippen molar-refractivity contribution in [3.8, 4) is 5.75 Å². The van der Waals surface area contributed by atoms with Gasteiger partial charge in [0, 0.05) is 25.3 Å². The van der Waals surface area contributed by atoms with Crippen LogP contribution in [-0.4, -0.2) is 25.0 Å². The fraction of sp³-hybridized carbons (Fsp3) is 0.300. The largest absolute Gasteiger partial charge is 0.480 e. The lowest BCUT2D eigenvalue weighted by Crippen LogP contribution is -2.30. The molecule has 0 bridgehead atoms. The molecule has 0 saturated heterocycles. The number of para-hydroxylation sites is 1. The summed E-state index contributed by atoms with van der Waals surface area (Å²) in [6.45, 7) is 7.11. The summed E-state index contributed by atoms with van der Waals surface area (Å²) in [4.78, 5) is 25.4. The van der Waals surface area contributed by atoms with E-state index < -0.39 is 6.10 Å². The molecule has 0 heterocycles. The van der Waals surface area contributed by atoms with E-state index in [-0.39, 0.29) is 11.8 Å². The summed E-state index contributed by atoms with van der Waals surface area (Å²) in [5, 5.41) is 2.83. The Morgan fingerprint density at radius 2 is 1.68 bits per heavy atom. The van der Waals surface area contributed by atoms with Crippen LogP contribution < -0.4 is 15.0 Å². The molecule has 0 saturated carbocycles. The third kappa shape index (κ3) is 4.59. The highest BCUT2D eigenvalue weighted by Gasteiger charge is 2.17. The quantitative estimate of drug-likeness (QED) is 0.903. The lowest BCUT2D eigenvalue weighted by molar-refractivity contribution is -0.122. The second-order valence-corrected chi connectivity index (χ2v) is 6.10. The molecule has 2 aromatic rings. The number of hydrogen-bond donors (Lipinski definition) is 1. The van der Waals surface area contributed by atoms with E-state index in [1.165, 1.54) is 11.8 Å². The minimum Gasteiger partial charge on any atom is -0.480 e. The van der Waals surface area contributed by atoms with Crippen molar-refractivity contribution in [2.45, 2.75) is 33.8 Å². The van der Waals surface area contributed by atoms with E-state index in [0.29, 0.717) is 11.4 Å². The normalized spacial score (nSPS) is 11.6. The fourth-order valence-electron chi connectivity index (χ4n) is 2.43. The minimum absolute atomic E-state index is 0.0739. The second kappa shape index (κ2) is 7.83. The Hall–Kier alpha value is -2.82. The third-order valence-electron chi connectivity index (χ3n) is 4.05. The van der Waals surface area contributed by atoms with E-state index in [4.69, 9.17) is 4.74 Å². The molecule has 1 unspecified atom stereocenters. The maximum absolute atomic E-state index is 12.4. The maximum Gasteiger partial charge on any atom is 0.265 e. The molecule has 2 rings (SSSR count). The van der Waals surface area contributed by atoms with Crippen LogP contribution >= 0.6 is 0 Å². The fourth-order valence-corrected chi connectivity index (χ4v) is 2.43. The van der Waals surface area contributed by atoms with Crippen molar-refractivity contribution in [3.05, 3.63) is 53.6 Å². The summed E-state index contributed by atoms with van der Waals surface area (Å²) in [7, 11) is 1.69. The number of aryl methyl sites for hydroxylation is 2. The van der Waals surface area contributed by atoms with Gasteiger partial charge < -0.3 is 15.0 Å². The van der Waals surface area contributed by atoms with Gasteiger partial charge in [-0.25, -0.2) is 0 Å². The van der Waals surface area contributed by atoms with E-state index in [9.17, 15) is 9.59 Å². The van der Waals surface area contributed by atoms with Gasteiger partial charge in [-0.3, -0.25) is 9.59 Å². The predicted octanol–water partition coefficient (Wildman–Crippen LogP) is 3.69. The molecular weight excluding hydrogens is 316 g/mol. The van der Waals surface area contributed by atoms with E-state index in [1.807, 2.05) is 38.1 Å². The van der Waals surface area contributed by atoms with E-state index in [0.717, 1.165) is 16.9 Å². The van der Waals surface area contributed by atoms with Crippen LogP contribution in [0.3, 0.4) is 0 Å².